The fourth-order valence-corrected chi connectivity index (χ4v) is 2.50. The summed E-state index contributed by atoms with van der Waals surface area (Å²) in [6, 6.07) is 0. The Bertz CT molecular complexity index is 517. The van der Waals surface area contributed by atoms with E-state index in [1.807, 2.05) is 0 Å². The monoisotopic (exact) mass is 408 g/mol. The summed E-state index contributed by atoms with van der Waals surface area (Å²) in [5.74, 6) is -3.92. The van der Waals surface area contributed by atoms with Gasteiger partial charge in [0.15, 0.2) is 12.6 Å². The molecule has 6 N–H and O–H groups in total. The van der Waals surface area contributed by atoms with Crippen LogP contribution < -0.4 is 10.2 Å². The number of carboxylic acid groups (broad SMARTS) is 2. The zero-order valence-electron chi connectivity index (χ0n) is 13.0. The molecular formula is C12H16CaO13. The van der Waals surface area contributed by atoms with Gasteiger partial charge in [0.25, 0.3) is 0 Å². The molecule has 0 radical (unpaired) electrons. The Labute approximate surface area is 175 Å². The predicted molar refractivity (Wildman–Crippen MR) is 70.2 cm³/mol. The number of hydrogen-bond acceptors (Lipinski definition) is 13. The molecule has 0 aromatic carbocycles. The topological polar surface area (TPSA) is 229 Å². The van der Waals surface area contributed by atoms with Crippen molar-refractivity contribution in [3.8, 4) is 0 Å². The van der Waals surface area contributed by atoms with Crippen molar-refractivity contribution in [2.45, 2.75) is 61.4 Å². The van der Waals surface area contributed by atoms with E-state index in [4.69, 9.17) is 9.47 Å². The van der Waals surface area contributed by atoms with Crippen LogP contribution in [0.15, 0.2) is 0 Å². The van der Waals surface area contributed by atoms with Crippen molar-refractivity contribution >= 4 is 49.7 Å². The van der Waals surface area contributed by atoms with Gasteiger partial charge in [-0.2, -0.15) is 0 Å². The molecule has 0 unspecified atom stereocenters. The summed E-state index contributed by atoms with van der Waals surface area (Å²) in [5.41, 5.74) is 0. The number of rotatable bonds is 4. The quantitative estimate of drug-likeness (QED) is 0.238. The first-order valence-corrected chi connectivity index (χ1v) is 7.02. The van der Waals surface area contributed by atoms with Crippen LogP contribution in [0.1, 0.15) is 0 Å². The van der Waals surface area contributed by atoms with Crippen LogP contribution in [0.5, 0.6) is 0 Å². The van der Waals surface area contributed by atoms with Crippen LogP contribution in [0, 0.1) is 0 Å². The van der Waals surface area contributed by atoms with Gasteiger partial charge in [0.05, 0.1) is 11.9 Å². The molecule has 144 valence electrons. The van der Waals surface area contributed by atoms with Gasteiger partial charge in [0, 0.05) is 0 Å². The minimum absolute atomic E-state index is 0. The van der Waals surface area contributed by atoms with Crippen molar-refractivity contribution in [2.24, 2.45) is 0 Å². The van der Waals surface area contributed by atoms with Gasteiger partial charge in [-0.05, 0) is 0 Å². The number of aliphatic hydroxyl groups excluding tert-OH is 6. The van der Waals surface area contributed by atoms with E-state index in [9.17, 15) is 50.4 Å². The molecule has 2 aliphatic heterocycles. The third-order valence-corrected chi connectivity index (χ3v) is 3.89. The second-order valence-corrected chi connectivity index (χ2v) is 5.56. The Kier molecular flexibility index (Phi) is 8.59. The fourth-order valence-electron chi connectivity index (χ4n) is 2.50. The van der Waals surface area contributed by atoms with Gasteiger partial charge in [0.1, 0.15) is 48.8 Å². The van der Waals surface area contributed by atoms with E-state index in [2.05, 4.69) is 4.74 Å². The number of carbonyl (C=O) groups excluding carboxylic acids is 2. The Balaban J connectivity index is 0.00000338. The summed E-state index contributed by atoms with van der Waals surface area (Å²) in [6.07, 6.45) is -20.6. The van der Waals surface area contributed by atoms with Gasteiger partial charge in [-0.1, -0.05) is 0 Å². The molecule has 14 heteroatoms. The molecule has 0 spiro atoms. The molecule has 0 saturated carbocycles. The van der Waals surface area contributed by atoms with Gasteiger partial charge in [-0.3, -0.25) is 0 Å². The summed E-state index contributed by atoms with van der Waals surface area (Å²) >= 11 is 0. The second kappa shape index (κ2) is 9.36. The standard InChI is InChI=1S/C12H18O13.Ca/c13-1-2(14)7(9(18)19)25-12(5(1)17)24-6-3(15)4(16)11(22)23-8(6)10(20)21;/h1-8,11-17,22H,(H,18,19)(H,20,21);/q;+2/p-2/t1-,2-,3+,4+,5+,6-,7-,8-,11+,12-;/m0./s1. The predicted octanol–water partition coefficient (Wildman–Crippen LogP) is -8.26. The van der Waals surface area contributed by atoms with Gasteiger partial charge in [0.2, 0.25) is 0 Å². The number of hydrogen-bond donors (Lipinski definition) is 6. The third-order valence-electron chi connectivity index (χ3n) is 3.89. The minimum Gasteiger partial charge on any atom is -0.547 e. The molecule has 0 aromatic rings. The number of carboxylic acids is 2. The van der Waals surface area contributed by atoms with E-state index in [0.717, 1.165) is 0 Å². The normalized spacial score (nSPS) is 46.2. The average Bonchev–Trinajstić information content (AvgIpc) is 2.54. The first kappa shape index (κ1) is 23.9. The minimum atomic E-state index is -2.14. The van der Waals surface area contributed by atoms with Crippen LogP contribution in [-0.2, 0) is 23.8 Å². The molecule has 0 aromatic heterocycles. The largest absolute Gasteiger partial charge is 2.00 e. The molecular weight excluding hydrogens is 392 g/mol. The van der Waals surface area contributed by atoms with Crippen molar-refractivity contribution in [1.29, 1.82) is 0 Å². The Hall–Kier alpha value is -0.160. The van der Waals surface area contributed by atoms with E-state index in [0.29, 0.717) is 0 Å². The number of aliphatic carboxylic acids is 2. The van der Waals surface area contributed by atoms with Crippen molar-refractivity contribution in [1.82, 2.24) is 0 Å². The van der Waals surface area contributed by atoms with Crippen LogP contribution in [0.3, 0.4) is 0 Å². The molecule has 2 saturated heterocycles. The van der Waals surface area contributed by atoms with Crippen LogP contribution in [-0.4, -0.2) is 142 Å². The van der Waals surface area contributed by atoms with E-state index in [1.165, 1.54) is 0 Å². The molecule has 0 bridgehead atoms. The second-order valence-electron chi connectivity index (χ2n) is 5.56. The molecule has 0 amide bonds. The molecule has 10 atom stereocenters. The SMILES string of the molecule is O=C([O-])[C@H]1O[C@H](O[C@H]2[C@H](O)[C@@H](O)[C@H](O)O[C@@H]2C(=O)[O-])[C@H](O)[C@@H](O)[C@@H]1O.[Ca+2]. The summed E-state index contributed by atoms with van der Waals surface area (Å²) in [6.45, 7) is 0. The number of aliphatic hydroxyl groups is 6. The average molecular weight is 408 g/mol. The molecule has 2 aliphatic rings. The number of ether oxygens (including phenoxy) is 3. The van der Waals surface area contributed by atoms with E-state index < -0.39 is 73.4 Å². The maximum Gasteiger partial charge on any atom is 2.00 e. The smallest absolute Gasteiger partial charge is 0.547 e. The Morgan fingerprint density at radius 1 is 0.731 bits per heavy atom. The van der Waals surface area contributed by atoms with E-state index in [1.54, 1.807) is 0 Å². The zero-order valence-corrected chi connectivity index (χ0v) is 15.2. The van der Waals surface area contributed by atoms with Crippen molar-refractivity contribution in [2.75, 3.05) is 0 Å². The van der Waals surface area contributed by atoms with E-state index >= 15 is 0 Å². The summed E-state index contributed by atoms with van der Waals surface area (Å²) in [4.78, 5) is 21.9. The van der Waals surface area contributed by atoms with Gasteiger partial charge in [-0.15, -0.1) is 0 Å². The van der Waals surface area contributed by atoms with Crippen LogP contribution >= 0.6 is 0 Å². The fraction of sp³-hybridized carbons (Fsp3) is 0.833. The number of carbonyl (C=O) groups is 2. The van der Waals surface area contributed by atoms with Crippen LogP contribution in [0.2, 0.25) is 0 Å². The van der Waals surface area contributed by atoms with Crippen LogP contribution in [0.4, 0.5) is 0 Å². The third kappa shape index (κ3) is 4.63. The molecule has 2 rings (SSSR count). The Morgan fingerprint density at radius 3 is 1.77 bits per heavy atom. The van der Waals surface area contributed by atoms with Crippen molar-refractivity contribution in [3.05, 3.63) is 0 Å². The molecule has 2 heterocycles. The summed E-state index contributed by atoms with van der Waals surface area (Å²) in [7, 11) is 0. The van der Waals surface area contributed by atoms with Crippen molar-refractivity contribution < 1.29 is 64.7 Å². The first-order valence-electron chi connectivity index (χ1n) is 7.02. The van der Waals surface area contributed by atoms with Gasteiger partial charge >= 0.3 is 37.7 Å². The van der Waals surface area contributed by atoms with E-state index in [-0.39, 0.29) is 37.7 Å². The van der Waals surface area contributed by atoms with Gasteiger partial charge < -0.3 is 64.7 Å². The Morgan fingerprint density at radius 2 is 1.27 bits per heavy atom. The van der Waals surface area contributed by atoms with Gasteiger partial charge in [-0.25, -0.2) is 0 Å². The maximum absolute atomic E-state index is 11.1. The summed E-state index contributed by atoms with van der Waals surface area (Å²) in [5, 5.41) is 79.6. The first-order chi connectivity index (χ1) is 11.6. The van der Waals surface area contributed by atoms with Crippen LogP contribution in [0.25, 0.3) is 0 Å². The molecule has 26 heavy (non-hydrogen) atoms. The molecule has 2 fully saturated rings. The maximum atomic E-state index is 11.1. The molecule has 0 aliphatic carbocycles. The molecule has 13 nitrogen and oxygen atoms in total. The summed E-state index contributed by atoms with van der Waals surface area (Å²) < 4.78 is 14.2. The zero-order chi connectivity index (χ0) is 19.0. The van der Waals surface area contributed by atoms with Crippen molar-refractivity contribution in [3.63, 3.8) is 0 Å².